The van der Waals surface area contributed by atoms with Gasteiger partial charge in [0.2, 0.25) is 5.91 Å². The van der Waals surface area contributed by atoms with Crippen LogP contribution in [-0.4, -0.2) is 25.2 Å². The van der Waals surface area contributed by atoms with Gasteiger partial charge in [0, 0.05) is 12.0 Å². The molecule has 41 heavy (non-hydrogen) atoms. The molecule has 0 aliphatic rings. The number of rotatable bonds is 19. The molecule has 220 valence electrons. The summed E-state index contributed by atoms with van der Waals surface area (Å²) in [5, 5.41) is 6.06. The van der Waals surface area contributed by atoms with Gasteiger partial charge in [0.1, 0.15) is 11.5 Å². The normalized spacial score (nSPS) is 11.2. The fraction of sp³-hybridized carbons (Fsp3) is 0.457. The SMILES string of the molecule is CCCCCCCCCCCCCCCC(=O)N/N=C/c1c(OC(=O)c2ccc(OC)cc2)ccc2ccccc12. The predicted molar refractivity (Wildman–Crippen MR) is 168 cm³/mol. The van der Waals surface area contributed by atoms with Gasteiger partial charge >= 0.3 is 5.97 Å². The van der Waals surface area contributed by atoms with Crippen LogP contribution in [0, 0.1) is 0 Å². The van der Waals surface area contributed by atoms with Crippen molar-refractivity contribution < 1.29 is 19.1 Å². The molecule has 0 spiro atoms. The maximum atomic E-state index is 12.8. The van der Waals surface area contributed by atoms with E-state index in [0.29, 0.717) is 29.0 Å². The topological polar surface area (TPSA) is 77.0 Å². The molecule has 6 nitrogen and oxygen atoms in total. The summed E-state index contributed by atoms with van der Waals surface area (Å²) in [5.74, 6) is 0.444. The number of amides is 1. The van der Waals surface area contributed by atoms with E-state index in [-0.39, 0.29) is 5.91 Å². The molecule has 0 bridgehead atoms. The van der Waals surface area contributed by atoms with Crippen LogP contribution in [0.15, 0.2) is 65.8 Å². The first-order valence-corrected chi connectivity index (χ1v) is 15.3. The van der Waals surface area contributed by atoms with Crippen LogP contribution in [0.4, 0.5) is 0 Å². The number of nitrogens with zero attached hydrogens (tertiary/aromatic N) is 1. The molecule has 0 radical (unpaired) electrons. The van der Waals surface area contributed by atoms with E-state index in [1.165, 1.54) is 70.6 Å². The van der Waals surface area contributed by atoms with E-state index in [0.717, 1.165) is 23.6 Å². The van der Waals surface area contributed by atoms with Gasteiger partial charge in [0.05, 0.1) is 18.9 Å². The highest BCUT2D eigenvalue weighted by molar-refractivity contribution is 6.04. The van der Waals surface area contributed by atoms with Gasteiger partial charge in [-0.25, -0.2) is 10.2 Å². The number of ether oxygens (including phenoxy) is 2. The third-order valence-corrected chi connectivity index (χ3v) is 7.35. The van der Waals surface area contributed by atoms with Gasteiger partial charge in [-0.15, -0.1) is 0 Å². The maximum Gasteiger partial charge on any atom is 0.343 e. The van der Waals surface area contributed by atoms with Gasteiger partial charge in [-0.2, -0.15) is 5.10 Å². The summed E-state index contributed by atoms with van der Waals surface area (Å²) in [4.78, 5) is 25.2. The van der Waals surface area contributed by atoms with Gasteiger partial charge in [-0.3, -0.25) is 4.79 Å². The summed E-state index contributed by atoms with van der Waals surface area (Å²) >= 11 is 0. The summed E-state index contributed by atoms with van der Waals surface area (Å²) in [5.41, 5.74) is 3.68. The first-order chi connectivity index (χ1) is 20.1. The molecular formula is C35H46N2O4. The van der Waals surface area contributed by atoms with Gasteiger partial charge < -0.3 is 9.47 Å². The second-order valence-electron chi connectivity index (χ2n) is 10.6. The highest BCUT2D eigenvalue weighted by atomic mass is 16.5. The number of esters is 1. The van der Waals surface area contributed by atoms with Gasteiger partial charge in [-0.1, -0.05) is 114 Å². The van der Waals surface area contributed by atoms with Crippen molar-refractivity contribution >= 4 is 28.9 Å². The highest BCUT2D eigenvalue weighted by Gasteiger charge is 2.14. The number of carbonyl (C=O) groups excluding carboxylic acids is 2. The molecule has 0 saturated carbocycles. The first-order valence-electron chi connectivity index (χ1n) is 15.3. The van der Waals surface area contributed by atoms with Crippen LogP contribution in [0.1, 0.15) is 113 Å². The van der Waals surface area contributed by atoms with Crippen LogP contribution in [0.3, 0.4) is 0 Å². The molecule has 3 aromatic rings. The Morgan fingerprint density at radius 2 is 1.37 bits per heavy atom. The minimum absolute atomic E-state index is 0.110. The summed E-state index contributed by atoms with van der Waals surface area (Å²) < 4.78 is 10.9. The quantitative estimate of drug-likeness (QED) is 0.0523. The summed E-state index contributed by atoms with van der Waals surface area (Å²) in [6, 6.07) is 18.2. The number of nitrogens with one attached hydrogen (secondary N) is 1. The summed E-state index contributed by atoms with van der Waals surface area (Å²) in [6.07, 6.45) is 18.5. The fourth-order valence-corrected chi connectivity index (χ4v) is 4.91. The highest BCUT2D eigenvalue weighted by Crippen LogP contribution is 2.27. The molecule has 1 amide bonds. The van der Waals surface area contributed by atoms with Crippen molar-refractivity contribution in [2.24, 2.45) is 5.10 Å². The maximum absolute atomic E-state index is 12.8. The lowest BCUT2D eigenvalue weighted by atomic mass is 10.0. The Balaban J connectivity index is 1.42. The van der Waals surface area contributed by atoms with Crippen molar-refractivity contribution in [1.82, 2.24) is 5.43 Å². The standard InChI is InChI=1S/C35H46N2O4/c1-3-4-5-6-7-8-9-10-11-12-13-14-15-20-34(38)37-36-27-32-31-19-17-16-18-28(31)23-26-33(32)41-35(39)29-21-24-30(40-2)25-22-29/h16-19,21-27H,3-15,20H2,1-2H3,(H,37,38)/b36-27+. The molecule has 3 rings (SSSR count). The minimum atomic E-state index is -0.482. The first kappa shape index (κ1) is 31.9. The van der Waals surface area contributed by atoms with Crippen molar-refractivity contribution in [3.05, 3.63) is 71.8 Å². The molecule has 0 unspecified atom stereocenters. The second-order valence-corrected chi connectivity index (χ2v) is 10.6. The summed E-state index contributed by atoms with van der Waals surface area (Å²) in [7, 11) is 1.58. The van der Waals surface area contributed by atoms with E-state index in [4.69, 9.17) is 9.47 Å². The van der Waals surface area contributed by atoms with E-state index in [9.17, 15) is 9.59 Å². The van der Waals surface area contributed by atoms with Gasteiger partial charge in [0.25, 0.3) is 0 Å². The lowest BCUT2D eigenvalue weighted by Gasteiger charge is -2.11. The lowest BCUT2D eigenvalue weighted by molar-refractivity contribution is -0.121. The van der Waals surface area contributed by atoms with Crippen molar-refractivity contribution in [2.45, 2.75) is 96.8 Å². The lowest BCUT2D eigenvalue weighted by Crippen LogP contribution is -2.17. The van der Waals surface area contributed by atoms with Crippen molar-refractivity contribution in [3.8, 4) is 11.5 Å². The summed E-state index contributed by atoms with van der Waals surface area (Å²) in [6.45, 7) is 2.26. The Kier molecular flexibility index (Phi) is 14.5. The van der Waals surface area contributed by atoms with Crippen LogP contribution < -0.4 is 14.9 Å². The average molecular weight is 559 g/mol. The minimum Gasteiger partial charge on any atom is -0.497 e. The Hall–Kier alpha value is -3.67. The molecule has 0 saturated heterocycles. The van der Waals surface area contributed by atoms with Crippen LogP contribution in [0.25, 0.3) is 10.8 Å². The second kappa shape index (κ2) is 18.6. The predicted octanol–water partition coefficient (Wildman–Crippen LogP) is 9.00. The van der Waals surface area contributed by atoms with Gasteiger partial charge in [0.15, 0.2) is 0 Å². The fourth-order valence-electron chi connectivity index (χ4n) is 4.91. The van der Waals surface area contributed by atoms with Crippen molar-refractivity contribution in [2.75, 3.05) is 7.11 Å². The molecule has 0 fully saturated rings. The average Bonchev–Trinajstić information content (AvgIpc) is 3.00. The zero-order valence-electron chi connectivity index (χ0n) is 24.8. The van der Waals surface area contributed by atoms with Crippen molar-refractivity contribution in [1.29, 1.82) is 0 Å². The monoisotopic (exact) mass is 558 g/mol. The van der Waals surface area contributed by atoms with E-state index >= 15 is 0 Å². The van der Waals surface area contributed by atoms with E-state index in [1.807, 2.05) is 30.3 Å². The molecule has 3 aromatic carbocycles. The molecule has 0 aliphatic carbocycles. The molecule has 0 atom stereocenters. The molecule has 0 heterocycles. The van der Waals surface area contributed by atoms with E-state index < -0.39 is 5.97 Å². The number of hydrogen-bond acceptors (Lipinski definition) is 5. The van der Waals surface area contributed by atoms with E-state index in [2.05, 4.69) is 17.5 Å². The molecular weight excluding hydrogens is 512 g/mol. The number of unbranched alkanes of at least 4 members (excludes halogenated alkanes) is 12. The Labute approximate surface area is 245 Å². The van der Waals surface area contributed by atoms with Crippen LogP contribution >= 0.6 is 0 Å². The zero-order chi connectivity index (χ0) is 29.1. The number of hydrogen-bond donors (Lipinski definition) is 1. The van der Waals surface area contributed by atoms with Gasteiger partial charge in [-0.05, 0) is 47.5 Å². The third-order valence-electron chi connectivity index (χ3n) is 7.35. The number of hydrazone groups is 1. The Morgan fingerprint density at radius 3 is 2.00 bits per heavy atom. The molecule has 0 aromatic heterocycles. The molecule has 0 aliphatic heterocycles. The van der Waals surface area contributed by atoms with Crippen LogP contribution in [0.2, 0.25) is 0 Å². The number of fused-ring (bicyclic) bond motifs is 1. The van der Waals surface area contributed by atoms with Crippen molar-refractivity contribution in [3.63, 3.8) is 0 Å². The molecule has 6 heteroatoms. The number of carbonyl (C=O) groups is 2. The smallest absolute Gasteiger partial charge is 0.343 e. The Bertz CT molecular complexity index is 1240. The Morgan fingerprint density at radius 1 is 0.756 bits per heavy atom. The number of benzene rings is 3. The largest absolute Gasteiger partial charge is 0.497 e. The van der Waals surface area contributed by atoms with Crippen LogP contribution in [-0.2, 0) is 4.79 Å². The zero-order valence-corrected chi connectivity index (χ0v) is 24.8. The molecule has 1 N–H and O–H groups in total. The van der Waals surface area contributed by atoms with E-state index in [1.54, 1.807) is 43.7 Å². The number of methoxy groups -OCH3 is 1. The van der Waals surface area contributed by atoms with Crippen LogP contribution in [0.5, 0.6) is 11.5 Å². The third kappa shape index (κ3) is 11.4.